The Morgan fingerprint density at radius 3 is 2.75 bits per heavy atom. The summed E-state index contributed by atoms with van der Waals surface area (Å²) in [5.41, 5.74) is 2.64. The molecule has 20 heavy (non-hydrogen) atoms. The fourth-order valence-electron chi connectivity index (χ4n) is 2.02. The van der Waals surface area contributed by atoms with Gasteiger partial charge < -0.3 is 0 Å². The molecule has 1 aromatic heterocycles. The highest BCUT2D eigenvalue weighted by molar-refractivity contribution is 7.99. The van der Waals surface area contributed by atoms with Crippen molar-refractivity contribution in [3.63, 3.8) is 0 Å². The molecule has 1 heterocycles. The molecule has 0 fully saturated rings. The Kier molecular flexibility index (Phi) is 3.48. The zero-order valence-electron chi connectivity index (χ0n) is 10.9. The van der Waals surface area contributed by atoms with E-state index in [2.05, 4.69) is 9.97 Å². The first kappa shape index (κ1) is 12.8. The molecule has 0 aliphatic carbocycles. The number of carbonyl (C=O) groups excluding carboxylic acids is 1. The number of fused-ring (bicyclic) bond motifs is 1. The minimum atomic E-state index is 0.724. The molecule has 98 valence electrons. The van der Waals surface area contributed by atoms with Crippen molar-refractivity contribution in [1.29, 1.82) is 0 Å². The van der Waals surface area contributed by atoms with E-state index >= 15 is 0 Å². The lowest BCUT2D eigenvalue weighted by atomic mass is 10.1. The van der Waals surface area contributed by atoms with Crippen LogP contribution in [0.3, 0.4) is 0 Å². The number of rotatable bonds is 3. The van der Waals surface area contributed by atoms with E-state index in [-0.39, 0.29) is 0 Å². The van der Waals surface area contributed by atoms with Crippen LogP contribution in [0.1, 0.15) is 15.9 Å². The molecule has 0 saturated carbocycles. The Bertz CT molecular complexity index is 781. The van der Waals surface area contributed by atoms with Gasteiger partial charge in [-0.1, -0.05) is 36.0 Å². The molecule has 0 spiro atoms. The predicted octanol–water partition coefficient (Wildman–Crippen LogP) is 3.90. The third-order valence-corrected chi connectivity index (χ3v) is 4.10. The van der Waals surface area contributed by atoms with Gasteiger partial charge in [0.05, 0.1) is 5.52 Å². The molecular weight excluding hydrogens is 268 g/mol. The molecule has 2 aromatic carbocycles. The maximum Gasteiger partial charge on any atom is 0.150 e. The summed E-state index contributed by atoms with van der Waals surface area (Å²) in [4.78, 5) is 20.5. The zero-order chi connectivity index (χ0) is 13.9. The predicted molar refractivity (Wildman–Crippen MR) is 80.2 cm³/mol. The van der Waals surface area contributed by atoms with Gasteiger partial charge in [0.15, 0.2) is 0 Å². The molecule has 3 aromatic rings. The van der Waals surface area contributed by atoms with E-state index in [1.807, 2.05) is 49.4 Å². The first-order chi connectivity index (χ1) is 9.78. The summed E-state index contributed by atoms with van der Waals surface area (Å²) in [5.74, 6) is 0. The number of hydrogen-bond acceptors (Lipinski definition) is 4. The van der Waals surface area contributed by atoms with Crippen molar-refractivity contribution >= 4 is 29.0 Å². The number of aryl methyl sites for hydroxylation is 1. The molecule has 0 unspecified atom stereocenters. The summed E-state index contributed by atoms with van der Waals surface area (Å²) in [6.07, 6.45) is 2.46. The fourth-order valence-corrected chi connectivity index (χ4v) is 2.99. The van der Waals surface area contributed by atoms with Crippen molar-refractivity contribution in [2.75, 3.05) is 0 Å². The van der Waals surface area contributed by atoms with Gasteiger partial charge in [-0.2, -0.15) is 0 Å². The lowest BCUT2D eigenvalue weighted by molar-refractivity contribution is 0.112. The van der Waals surface area contributed by atoms with Gasteiger partial charge in [0, 0.05) is 15.8 Å². The van der Waals surface area contributed by atoms with Gasteiger partial charge in [-0.3, -0.25) is 4.79 Å². The Labute approximate surface area is 121 Å². The number of aromatic nitrogens is 2. The summed E-state index contributed by atoms with van der Waals surface area (Å²) in [5, 5.41) is 1.96. The van der Waals surface area contributed by atoms with Gasteiger partial charge >= 0.3 is 0 Å². The van der Waals surface area contributed by atoms with Gasteiger partial charge in [-0.15, -0.1) is 0 Å². The highest BCUT2D eigenvalue weighted by Gasteiger charge is 2.06. The molecule has 0 atom stereocenters. The molecule has 0 saturated heterocycles. The highest BCUT2D eigenvalue weighted by atomic mass is 32.2. The summed E-state index contributed by atoms with van der Waals surface area (Å²) in [6.45, 7) is 1.94. The molecule has 0 radical (unpaired) electrons. The van der Waals surface area contributed by atoms with Crippen LogP contribution in [-0.2, 0) is 0 Å². The van der Waals surface area contributed by atoms with Crippen molar-refractivity contribution < 1.29 is 4.79 Å². The Morgan fingerprint density at radius 1 is 1.10 bits per heavy atom. The second kappa shape index (κ2) is 5.43. The number of hydrogen-bond donors (Lipinski definition) is 0. The standard InChI is InChI=1S/C16H12N2OS/c1-11-8-13(7-6-12(11)9-19)20-16-14-4-2-3-5-15(14)17-10-18-16/h2-10H,1H3. The minimum Gasteiger partial charge on any atom is -0.298 e. The zero-order valence-corrected chi connectivity index (χ0v) is 11.7. The number of nitrogens with zero attached hydrogens (tertiary/aromatic N) is 2. The van der Waals surface area contributed by atoms with E-state index in [4.69, 9.17) is 0 Å². The van der Waals surface area contributed by atoms with Crippen molar-refractivity contribution in [2.45, 2.75) is 16.8 Å². The van der Waals surface area contributed by atoms with Crippen LogP contribution < -0.4 is 0 Å². The molecular formula is C16H12N2OS. The maximum atomic E-state index is 10.8. The smallest absolute Gasteiger partial charge is 0.150 e. The third-order valence-electron chi connectivity index (χ3n) is 3.09. The first-order valence-corrected chi connectivity index (χ1v) is 7.03. The molecule has 3 nitrogen and oxygen atoms in total. The van der Waals surface area contributed by atoms with Gasteiger partial charge in [-0.05, 0) is 30.7 Å². The molecule has 3 rings (SSSR count). The monoisotopic (exact) mass is 280 g/mol. The number of benzene rings is 2. The Morgan fingerprint density at radius 2 is 1.95 bits per heavy atom. The van der Waals surface area contributed by atoms with Gasteiger partial charge in [-0.25, -0.2) is 9.97 Å². The topological polar surface area (TPSA) is 42.9 Å². The van der Waals surface area contributed by atoms with Crippen molar-refractivity contribution in [3.8, 4) is 0 Å². The normalized spacial score (nSPS) is 10.7. The third kappa shape index (κ3) is 2.42. The quantitative estimate of drug-likeness (QED) is 0.539. The Hall–Kier alpha value is -2.20. The fraction of sp³-hybridized carbons (Fsp3) is 0.0625. The van der Waals surface area contributed by atoms with Crippen molar-refractivity contribution in [1.82, 2.24) is 9.97 Å². The average Bonchev–Trinajstić information content (AvgIpc) is 2.48. The summed E-state index contributed by atoms with van der Waals surface area (Å²) in [6, 6.07) is 13.7. The number of para-hydroxylation sites is 1. The van der Waals surface area contributed by atoms with Gasteiger partial charge in [0.2, 0.25) is 0 Å². The van der Waals surface area contributed by atoms with E-state index in [0.717, 1.165) is 38.2 Å². The second-order valence-electron chi connectivity index (χ2n) is 4.43. The Balaban J connectivity index is 2.01. The largest absolute Gasteiger partial charge is 0.298 e. The van der Waals surface area contributed by atoms with E-state index in [1.165, 1.54) is 0 Å². The minimum absolute atomic E-state index is 0.724. The van der Waals surface area contributed by atoms with Gasteiger partial charge in [0.25, 0.3) is 0 Å². The lowest BCUT2D eigenvalue weighted by Crippen LogP contribution is -1.88. The van der Waals surface area contributed by atoms with E-state index < -0.39 is 0 Å². The number of carbonyl (C=O) groups is 1. The highest BCUT2D eigenvalue weighted by Crippen LogP contribution is 2.31. The maximum absolute atomic E-state index is 10.8. The number of aldehydes is 1. The van der Waals surface area contributed by atoms with Crippen LogP contribution in [0.4, 0.5) is 0 Å². The molecule has 0 N–H and O–H groups in total. The summed E-state index contributed by atoms with van der Waals surface area (Å²) < 4.78 is 0. The van der Waals surface area contributed by atoms with Crippen LogP contribution in [0.2, 0.25) is 0 Å². The second-order valence-corrected chi connectivity index (χ2v) is 5.50. The van der Waals surface area contributed by atoms with Crippen LogP contribution in [0.25, 0.3) is 10.9 Å². The van der Waals surface area contributed by atoms with Crippen LogP contribution in [-0.4, -0.2) is 16.3 Å². The molecule has 0 amide bonds. The van der Waals surface area contributed by atoms with E-state index in [9.17, 15) is 4.79 Å². The van der Waals surface area contributed by atoms with E-state index in [0.29, 0.717) is 0 Å². The van der Waals surface area contributed by atoms with Crippen LogP contribution in [0, 0.1) is 6.92 Å². The van der Waals surface area contributed by atoms with Crippen LogP contribution >= 0.6 is 11.8 Å². The first-order valence-electron chi connectivity index (χ1n) is 6.21. The molecule has 0 bridgehead atoms. The molecule has 4 heteroatoms. The van der Waals surface area contributed by atoms with Crippen molar-refractivity contribution in [3.05, 3.63) is 59.9 Å². The van der Waals surface area contributed by atoms with Gasteiger partial charge in [0.1, 0.15) is 17.6 Å². The van der Waals surface area contributed by atoms with Crippen LogP contribution in [0.15, 0.2) is 58.7 Å². The summed E-state index contributed by atoms with van der Waals surface area (Å²) in [7, 11) is 0. The van der Waals surface area contributed by atoms with E-state index in [1.54, 1.807) is 18.1 Å². The molecule has 0 aliphatic heterocycles. The molecule has 0 aliphatic rings. The average molecular weight is 280 g/mol. The lowest BCUT2D eigenvalue weighted by Gasteiger charge is -2.06. The summed E-state index contributed by atoms with van der Waals surface area (Å²) >= 11 is 1.58. The van der Waals surface area contributed by atoms with Crippen LogP contribution in [0.5, 0.6) is 0 Å². The SMILES string of the molecule is Cc1cc(Sc2ncnc3ccccc23)ccc1C=O. The van der Waals surface area contributed by atoms with Crippen molar-refractivity contribution in [2.24, 2.45) is 0 Å².